The average molecular weight is 340 g/mol. The molecule has 0 saturated heterocycles. The molecule has 0 radical (unpaired) electrons. The highest BCUT2D eigenvalue weighted by molar-refractivity contribution is 5.80. The SMILES string of the molecule is CN=C(NCCc1ccncc1)NC1CCc2cn(C(C)C)nc2C1. The van der Waals surface area contributed by atoms with Crippen LogP contribution in [0.5, 0.6) is 0 Å². The van der Waals surface area contributed by atoms with Crippen LogP contribution in [0.25, 0.3) is 0 Å². The molecule has 25 heavy (non-hydrogen) atoms. The molecule has 1 aliphatic carbocycles. The third-order valence-corrected chi connectivity index (χ3v) is 4.65. The third-order valence-electron chi connectivity index (χ3n) is 4.65. The molecule has 1 atom stereocenters. The van der Waals surface area contributed by atoms with Crippen LogP contribution < -0.4 is 10.6 Å². The molecule has 0 spiro atoms. The molecule has 6 heteroatoms. The van der Waals surface area contributed by atoms with Gasteiger partial charge in [-0.25, -0.2) is 0 Å². The van der Waals surface area contributed by atoms with Gasteiger partial charge in [0.05, 0.1) is 5.69 Å². The second kappa shape index (κ2) is 8.14. The zero-order chi connectivity index (χ0) is 17.6. The lowest BCUT2D eigenvalue weighted by atomic mass is 9.94. The molecule has 0 bridgehead atoms. The summed E-state index contributed by atoms with van der Waals surface area (Å²) >= 11 is 0. The highest BCUT2D eigenvalue weighted by Crippen LogP contribution is 2.21. The molecule has 0 fully saturated rings. The van der Waals surface area contributed by atoms with Gasteiger partial charge in [-0.2, -0.15) is 5.10 Å². The van der Waals surface area contributed by atoms with E-state index in [1.165, 1.54) is 16.8 Å². The van der Waals surface area contributed by atoms with Gasteiger partial charge in [0.2, 0.25) is 0 Å². The Hall–Kier alpha value is -2.37. The van der Waals surface area contributed by atoms with Gasteiger partial charge < -0.3 is 10.6 Å². The predicted octanol–water partition coefficient (Wildman–Crippen LogP) is 2.12. The van der Waals surface area contributed by atoms with Crippen LogP contribution in [0.1, 0.15) is 43.1 Å². The van der Waals surface area contributed by atoms with Crippen molar-refractivity contribution in [3.05, 3.63) is 47.5 Å². The molecule has 0 aromatic carbocycles. The smallest absolute Gasteiger partial charge is 0.191 e. The first kappa shape index (κ1) is 17.5. The number of nitrogens with one attached hydrogen (secondary N) is 2. The standard InChI is InChI=1S/C19H28N6/c1-14(2)25-13-16-4-5-17(12-18(16)24-25)23-19(20-3)22-11-8-15-6-9-21-10-7-15/h6-7,9-10,13-14,17H,4-5,8,11-12H2,1-3H3,(H2,20,22,23). The summed E-state index contributed by atoms with van der Waals surface area (Å²) in [6, 6.07) is 4.90. The quantitative estimate of drug-likeness (QED) is 0.646. The number of aliphatic imine (C=N–C) groups is 1. The lowest BCUT2D eigenvalue weighted by molar-refractivity contribution is 0.499. The van der Waals surface area contributed by atoms with E-state index in [9.17, 15) is 0 Å². The van der Waals surface area contributed by atoms with Crippen LogP contribution in [0, 0.1) is 0 Å². The van der Waals surface area contributed by atoms with Gasteiger partial charge in [0, 0.05) is 50.7 Å². The van der Waals surface area contributed by atoms with Gasteiger partial charge in [0.1, 0.15) is 0 Å². The maximum atomic E-state index is 4.75. The lowest BCUT2D eigenvalue weighted by Gasteiger charge is -2.24. The average Bonchev–Trinajstić information content (AvgIpc) is 3.05. The maximum absolute atomic E-state index is 4.75. The summed E-state index contributed by atoms with van der Waals surface area (Å²) in [4.78, 5) is 8.41. The van der Waals surface area contributed by atoms with Crippen molar-refractivity contribution in [3.8, 4) is 0 Å². The van der Waals surface area contributed by atoms with E-state index in [0.717, 1.165) is 38.2 Å². The van der Waals surface area contributed by atoms with Crippen LogP contribution in [-0.4, -0.2) is 40.4 Å². The van der Waals surface area contributed by atoms with Gasteiger partial charge in [-0.3, -0.25) is 14.7 Å². The van der Waals surface area contributed by atoms with Crippen LogP contribution in [0.2, 0.25) is 0 Å². The van der Waals surface area contributed by atoms with Crippen molar-refractivity contribution < 1.29 is 0 Å². The van der Waals surface area contributed by atoms with Crippen molar-refractivity contribution in [2.75, 3.05) is 13.6 Å². The molecule has 6 nitrogen and oxygen atoms in total. The second-order valence-electron chi connectivity index (χ2n) is 6.86. The summed E-state index contributed by atoms with van der Waals surface area (Å²) < 4.78 is 2.08. The highest BCUT2D eigenvalue weighted by Gasteiger charge is 2.22. The zero-order valence-electron chi connectivity index (χ0n) is 15.4. The molecule has 134 valence electrons. The molecular formula is C19H28N6. The molecule has 0 aliphatic heterocycles. The molecule has 2 aromatic rings. The summed E-state index contributed by atoms with van der Waals surface area (Å²) in [7, 11) is 1.82. The van der Waals surface area contributed by atoms with Crippen LogP contribution in [0.3, 0.4) is 0 Å². The number of aromatic nitrogens is 3. The summed E-state index contributed by atoms with van der Waals surface area (Å²) in [6.45, 7) is 5.19. The largest absolute Gasteiger partial charge is 0.356 e. The fourth-order valence-electron chi connectivity index (χ4n) is 3.16. The molecule has 3 rings (SSSR count). The van der Waals surface area contributed by atoms with Crippen LogP contribution >= 0.6 is 0 Å². The van der Waals surface area contributed by atoms with Gasteiger partial charge in [-0.1, -0.05) is 0 Å². The first-order chi connectivity index (χ1) is 12.2. The Bertz CT molecular complexity index is 704. The molecule has 1 aliphatic rings. The number of pyridine rings is 1. The highest BCUT2D eigenvalue weighted by atomic mass is 15.3. The lowest BCUT2D eigenvalue weighted by Crippen LogP contribution is -2.46. The topological polar surface area (TPSA) is 67.1 Å². The van der Waals surface area contributed by atoms with E-state index in [1.807, 2.05) is 31.6 Å². The van der Waals surface area contributed by atoms with E-state index < -0.39 is 0 Å². The number of hydrogen-bond acceptors (Lipinski definition) is 3. The Balaban J connectivity index is 1.50. The van der Waals surface area contributed by atoms with E-state index in [1.54, 1.807) is 0 Å². The van der Waals surface area contributed by atoms with E-state index >= 15 is 0 Å². The molecule has 1 unspecified atom stereocenters. The number of nitrogens with zero attached hydrogens (tertiary/aromatic N) is 4. The van der Waals surface area contributed by atoms with Crippen molar-refractivity contribution in [2.24, 2.45) is 4.99 Å². The van der Waals surface area contributed by atoms with Gasteiger partial charge in [0.15, 0.2) is 5.96 Å². The van der Waals surface area contributed by atoms with Crippen LogP contribution in [0.4, 0.5) is 0 Å². The summed E-state index contributed by atoms with van der Waals surface area (Å²) in [5.74, 6) is 0.866. The molecule has 0 saturated carbocycles. The summed E-state index contributed by atoms with van der Waals surface area (Å²) in [6.07, 6.45) is 9.97. The van der Waals surface area contributed by atoms with Crippen molar-refractivity contribution in [1.29, 1.82) is 0 Å². The normalized spacial score (nSPS) is 17.4. The number of hydrogen-bond donors (Lipinski definition) is 2. The summed E-state index contributed by atoms with van der Waals surface area (Å²) in [5.41, 5.74) is 3.90. The van der Waals surface area contributed by atoms with Gasteiger partial charge in [-0.15, -0.1) is 0 Å². The Morgan fingerprint density at radius 2 is 2.16 bits per heavy atom. The third kappa shape index (κ3) is 4.59. The summed E-state index contributed by atoms with van der Waals surface area (Å²) in [5, 5.41) is 11.7. The molecular weight excluding hydrogens is 312 g/mol. The molecule has 0 amide bonds. The Morgan fingerprint density at radius 3 is 2.88 bits per heavy atom. The fraction of sp³-hybridized carbons (Fsp3) is 0.526. The first-order valence-corrected chi connectivity index (χ1v) is 9.08. The predicted molar refractivity (Wildman–Crippen MR) is 101 cm³/mol. The second-order valence-corrected chi connectivity index (χ2v) is 6.86. The van der Waals surface area contributed by atoms with E-state index in [0.29, 0.717) is 12.1 Å². The van der Waals surface area contributed by atoms with Crippen molar-refractivity contribution in [1.82, 2.24) is 25.4 Å². The zero-order valence-corrected chi connectivity index (χ0v) is 15.4. The Labute approximate surface area is 149 Å². The van der Waals surface area contributed by atoms with Crippen molar-refractivity contribution in [3.63, 3.8) is 0 Å². The number of aryl methyl sites for hydroxylation is 1. The number of guanidine groups is 1. The Kier molecular flexibility index (Phi) is 5.68. The van der Waals surface area contributed by atoms with Crippen LogP contribution in [-0.2, 0) is 19.3 Å². The first-order valence-electron chi connectivity index (χ1n) is 9.08. The minimum atomic E-state index is 0.384. The molecule has 2 aromatic heterocycles. The minimum absolute atomic E-state index is 0.384. The molecule has 2 heterocycles. The monoisotopic (exact) mass is 340 g/mol. The van der Waals surface area contributed by atoms with E-state index in [2.05, 4.69) is 45.3 Å². The minimum Gasteiger partial charge on any atom is -0.356 e. The van der Waals surface area contributed by atoms with Crippen LogP contribution in [0.15, 0.2) is 35.7 Å². The van der Waals surface area contributed by atoms with E-state index in [4.69, 9.17) is 5.10 Å². The molecule has 2 N–H and O–H groups in total. The fourth-order valence-corrected chi connectivity index (χ4v) is 3.16. The maximum Gasteiger partial charge on any atom is 0.191 e. The number of fused-ring (bicyclic) bond motifs is 1. The van der Waals surface area contributed by atoms with Gasteiger partial charge >= 0.3 is 0 Å². The van der Waals surface area contributed by atoms with E-state index in [-0.39, 0.29) is 0 Å². The van der Waals surface area contributed by atoms with Gasteiger partial charge in [-0.05, 0) is 56.4 Å². The van der Waals surface area contributed by atoms with Crippen molar-refractivity contribution >= 4 is 5.96 Å². The van der Waals surface area contributed by atoms with Crippen molar-refractivity contribution in [2.45, 2.75) is 51.6 Å². The number of rotatable bonds is 5. The Morgan fingerprint density at radius 1 is 1.36 bits per heavy atom. The van der Waals surface area contributed by atoms with Gasteiger partial charge in [0.25, 0.3) is 0 Å².